The van der Waals surface area contributed by atoms with E-state index in [4.69, 9.17) is 0 Å². The molecule has 0 rings (SSSR count). The van der Waals surface area contributed by atoms with Gasteiger partial charge in [0.2, 0.25) is 6.04 Å². The quantitative estimate of drug-likeness (QED) is 0.460. The summed E-state index contributed by atoms with van der Waals surface area (Å²) in [5.41, 5.74) is 0. The number of hydrogen-bond donors (Lipinski definition) is 0. The maximum absolute atomic E-state index is 12.8. The van der Waals surface area contributed by atoms with Crippen molar-refractivity contribution in [3.05, 3.63) is 10.1 Å². The third-order valence-electron chi connectivity index (χ3n) is 1.66. The van der Waals surface area contributed by atoms with Crippen molar-refractivity contribution in [3.8, 4) is 0 Å². The van der Waals surface area contributed by atoms with Crippen LogP contribution in [0.2, 0.25) is 0 Å². The number of rotatable bonds is 5. The molecule has 0 radical (unpaired) electrons. The molecule has 0 N–H and O–H groups in total. The lowest BCUT2D eigenvalue weighted by molar-refractivity contribution is -0.532. The van der Waals surface area contributed by atoms with Crippen LogP contribution in [0.3, 0.4) is 0 Å². The van der Waals surface area contributed by atoms with E-state index in [0.717, 1.165) is 0 Å². The van der Waals surface area contributed by atoms with Crippen LogP contribution in [-0.2, 0) is 0 Å². The van der Waals surface area contributed by atoms with E-state index in [9.17, 15) is 14.5 Å². The van der Waals surface area contributed by atoms with E-state index in [1.165, 1.54) is 0 Å². The molecule has 0 aromatic rings. The first-order valence-corrected chi connectivity index (χ1v) is 3.91. The van der Waals surface area contributed by atoms with Gasteiger partial charge in [-0.2, -0.15) is 0 Å². The van der Waals surface area contributed by atoms with E-state index in [1.54, 1.807) is 6.92 Å². The number of alkyl halides is 1. The van der Waals surface area contributed by atoms with Gasteiger partial charge in [-0.05, 0) is 12.8 Å². The van der Waals surface area contributed by atoms with Crippen LogP contribution in [0.5, 0.6) is 0 Å². The fourth-order valence-electron chi connectivity index (χ4n) is 0.986. The molecule has 0 aromatic heterocycles. The van der Waals surface area contributed by atoms with Crippen molar-refractivity contribution in [2.45, 2.75) is 45.3 Å². The van der Waals surface area contributed by atoms with E-state index < -0.39 is 17.1 Å². The van der Waals surface area contributed by atoms with Gasteiger partial charge in [0.05, 0.1) is 0 Å². The average Bonchev–Trinajstić information content (AvgIpc) is 1.98. The third kappa shape index (κ3) is 3.30. The number of nitro groups is 1. The van der Waals surface area contributed by atoms with Crippen LogP contribution in [0.15, 0.2) is 0 Å². The SMILES string of the molecule is CCCC(C(F)CC)[N+](=O)[O-]. The summed E-state index contributed by atoms with van der Waals surface area (Å²) in [6, 6.07) is -0.995. The predicted molar refractivity (Wildman–Crippen MR) is 40.9 cm³/mol. The molecule has 0 spiro atoms. The summed E-state index contributed by atoms with van der Waals surface area (Å²) in [6.45, 7) is 3.44. The molecule has 0 bridgehead atoms. The molecule has 2 atom stereocenters. The van der Waals surface area contributed by atoms with Crippen LogP contribution < -0.4 is 0 Å². The van der Waals surface area contributed by atoms with Crippen molar-refractivity contribution < 1.29 is 9.31 Å². The lowest BCUT2D eigenvalue weighted by Crippen LogP contribution is -2.29. The Morgan fingerprint density at radius 1 is 1.55 bits per heavy atom. The van der Waals surface area contributed by atoms with Crippen molar-refractivity contribution in [3.63, 3.8) is 0 Å². The smallest absolute Gasteiger partial charge is 0.243 e. The molecule has 0 heterocycles. The van der Waals surface area contributed by atoms with Crippen LogP contribution in [0.1, 0.15) is 33.1 Å². The second kappa shape index (κ2) is 5.04. The van der Waals surface area contributed by atoms with Gasteiger partial charge in [0, 0.05) is 11.3 Å². The second-order valence-corrected chi connectivity index (χ2v) is 2.57. The zero-order chi connectivity index (χ0) is 8.85. The largest absolute Gasteiger partial charge is 0.264 e. The molecule has 0 aliphatic heterocycles. The van der Waals surface area contributed by atoms with Gasteiger partial charge in [-0.15, -0.1) is 0 Å². The summed E-state index contributed by atoms with van der Waals surface area (Å²) in [4.78, 5) is 9.74. The molecule has 2 unspecified atom stereocenters. The Morgan fingerprint density at radius 2 is 2.09 bits per heavy atom. The standard InChI is InChI=1S/C7H14FNO2/c1-3-5-7(9(10)11)6(8)4-2/h6-7H,3-5H2,1-2H3. The van der Waals surface area contributed by atoms with Gasteiger partial charge in [0.1, 0.15) is 0 Å². The van der Waals surface area contributed by atoms with E-state index in [0.29, 0.717) is 12.8 Å². The van der Waals surface area contributed by atoms with Gasteiger partial charge in [-0.25, -0.2) is 4.39 Å². The minimum absolute atomic E-state index is 0.228. The molecule has 0 saturated heterocycles. The Morgan fingerprint density at radius 3 is 2.36 bits per heavy atom. The van der Waals surface area contributed by atoms with Crippen molar-refractivity contribution in [1.82, 2.24) is 0 Å². The van der Waals surface area contributed by atoms with Crippen LogP contribution >= 0.6 is 0 Å². The van der Waals surface area contributed by atoms with E-state index in [1.807, 2.05) is 6.92 Å². The molecule has 0 saturated carbocycles. The van der Waals surface area contributed by atoms with Crippen molar-refractivity contribution >= 4 is 0 Å². The van der Waals surface area contributed by atoms with Gasteiger partial charge in [-0.3, -0.25) is 10.1 Å². The van der Waals surface area contributed by atoms with Gasteiger partial charge in [0.25, 0.3) is 0 Å². The second-order valence-electron chi connectivity index (χ2n) is 2.57. The summed E-state index contributed by atoms with van der Waals surface area (Å²) in [5, 5.41) is 10.3. The predicted octanol–water partition coefficient (Wildman–Crippen LogP) is 2.18. The molecule has 0 amide bonds. The highest BCUT2D eigenvalue weighted by molar-refractivity contribution is 4.65. The Labute approximate surface area is 65.7 Å². The summed E-state index contributed by atoms with van der Waals surface area (Å²) < 4.78 is 12.8. The highest BCUT2D eigenvalue weighted by atomic mass is 19.1. The Balaban J connectivity index is 3.97. The van der Waals surface area contributed by atoms with Gasteiger partial charge < -0.3 is 0 Å². The molecule has 4 heteroatoms. The van der Waals surface area contributed by atoms with Crippen LogP contribution in [0.25, 0.3) is 0 Å². The van der Waals surface area contributed by atoms with E-state index in [2.05, 4.69) is 0 Å². The van der Waals surface area contributed by atoms with Gasteiger partial charge in [-0.1, -0.05) is 13.8 Å². The minimum Gasteiger partial charge on any atom is -0.264 e. The molecular formula is C7H14FNO2. The molecule has 11 heavy (non-hydrogen) atoms. The minimum atomic E-state index is -1.29. The topological polar surface area (TPSA) is 43.1 Å². The maximum atomic E-state index is 12.8. The summed E-state index contributed by atoms with van der Waals surface area (Å²) in [6.07, 6.45) is -0.0651. The van der Waals surface area contributed by atoms with Crippen LogP contribution in [0, 0.1) is 10.1 Å². The maximum Gasteiger partial charge on any atom is 0.243 e. The van der Waals surface area contributed by atoms with E-state index >= 15 is 0 Å². The average molecular weight is 163 g/mol. The normalized spacial score (nSPS) is 15.9. The lowest BCUT2D eigenvalue weighted by atomic mass is 10.1. The lowest BCUT2D eigenvalue weighted by Gasteiger charge is -2.10. The summed E-state index contributed by atoms with van der Waals surface area (Å²) in [5.74, 6) is 0. The fraction of sp³-hybridized carbons (Fsp3) is 1.00. The molecule has 3 nitrogen and oxygen atoms in total. The Bertz CT molecular complexity index is 130. The Hall–Kier alpha value is -0.670. The van der Waals surface area contributed by atoms with Crippen molar-refractivity contribution in [1.29, 1.82) is 0 Å². The molecule has 66 valence electrons. The van der Waals surface area contributed by atoms with E-state index in [-0.39, 0.29) is 6.42 Å². The zero-order valence-electron chi connectivity index (χ0n) is 6.92. The third-order valence-corrected chi connectivity index (χ3v) is 1.66. The molecule has 0 aromatic carbocycles. The molecule has 0 aliphatic rings. The first kappa shape index (κ1) is 10.3. The highest BCUT2D eigenvalue weighted by Gasteiger charge is 2.28. The van der Waals surface area contributed by atoms with Crippen LogP contribution in [0.4, 0.5) is 4.39 Å². The van der Waals surface area contributed by atoms with Gasteiger partial charge in [0.15, 0.2) is 6.17 Å². The first-order valence-electron chi connectivity index (χ1n) is 3.91. The highest BCUT2D eigenvalue weighted by Crippen LogP contribution is 2.12. The Kier molecular flexibility index (Phi) is 4.74. The zero-order valence-corrected chi connectivity index (χ0v) is 6.92. The molecule has 0 aliphatic carbocycles. The summed E-state index contributed by atoms with van der Waals surface area (Å²) in [7, 11) is 0. The van der Waals surface area contributed by atoms with Crippen molar-refractivity contribution in [2.75, 3.05) is 0 Å². The van der Waals surface area contributed by atoms with Gasteiger partial charge >= 0.3 is 0 Å². The number of nitrogens with zero attached hydrogens (tertiary/aromatic N) is 1. The number of hydrogen-bond acceptors (Lipinski definition) is 2. The number of halogens is 1. The van der Waals surface area contributed by atoms with Crippen molar-refractivity contribution in [2.24, 2.45) is 0 Å². The monoisotopic (exact) mass is 163 g/mol. The molecular weight excluding hydrogens is 149 g/mol. The van der Waals surface area contributed by atoms with Crippen LogP contribution in [-0.4, -0.2) is 17.1 Å². The first-order chi connectivity index (χ1) is 5.13. The fourth-order valence-corrected chi connectivity index (χ4v) is 0.986. The summed E-state index contributed by atoms with van der Waals surface area (Å²) >= 11 is 0. The molecule has 0 fully saturated rings.